The molecule has 0 aliphatic heterocycles. The van der Waals surface area contributed by atoms with Gasteiger partial charge in [0.05, 0.1) is 18.5 Å². The van der Waals surface area contributed by atoms with Crippen LogP contribution in [0.3, 0.4) is 0 Å². The van der Waals surface area contributed by atoms with Crippen LogP contribution in [-0.2, 0) is 0 Å². The van der Waals surface area contributed by atoms with Crippen LogP contribution in [0.25, 0.3) is 0 Å². The largest absolute Gasteiger partial charge is 0.252 e. The highest BCUT2D eigenvalue weighted by molar-refractivity contribution is 7.70. The van der Waals surface area contributed by atoms with Crippen LogP contribution in [-0.4, -0.2) is 23.4 Å². The van der Waals surface area contributed by atoms with Gasteiger partial charge in [0.25, 0.3) is 0 Å². The SMILES string of the molecule is CC(C)CCCCC[P+](O)(CCCCCC(C)C)CCCCCC(C)C. The zero-order chi connectivity index (χ0) is 19.8. The highest BCUT2D eigenvalue weighted by Gasteiger charge is 2.33. The lowest BCUT2D eigenvalue weighted by atomic mass is 10.1. The summed E-state index contributed by atoms with van der Waals surface area (Å²) in [5.74, 6) is 2.47. The van der Waals surface area contributed by atoms with Gasteiger partial charge in [0, 0.05) is 0 Å². The van der Waals surface area contributed by atoms with Gasteiger partial charge in [-0.3, -0.25) is 4.89 Å². The summed E-state index contributed by atoms with van der Waals surface area (Å²) >= 11 is 0. The molecular formula is C24H52OP+. The zero-order valence-corrected chi connectivity index (χ0v) is 20.1. The minimum atomic E-state index is -1.66. The molecule has 26 heavy (non-hydrogen) atoms. The highest BCUT2D eigenvalue weighted by atomic mass is 31.2. The van der Waals surface area contributed by atoms with E-state index in [9.17, 15) is 4.89 Å². The van der Waals surface area contributed by atoms with E-state index < -0.39 is 7.49 Å². The van der Waals surface area contributed by atoms with Crippen molar-refractivity contribution in [3.05, 3.63) is 0 Å². The maximum absolute atomic E-state index is 11.3. The van der Waals surface area contributed by atoms with Crippen molar-refractivity contribution in [2.24, 2.45) is 17.8 Å². The molecule has 0 aromatic heterocycles. The molecule has 0 radical (unpaired) electrons. The van der Waals surface area contributed by atoms with Crippen molar-refractivity contribution in [1.29, 1.82) is 0 Å². The predicted molar refractivity (Wildman–Crippen MR) is 124 cm³/mol. The minimum absolute atomic E-state index is 0.825. The average molecular weight is 388 g/mol. The quantitative estimate of drug-likeness (QED) is 0.184. The van der Waals surface area contributed by atoms with Gasteiger partial charge < -0.3 is 0 Å². The Morgan fingerprint density at radius 1 is 0.462 bits per heavy atom. The highest BCUT2D eigenvalue weighted by Crippen LogP contribution is 2.56. The number of rotatable bonds is 18. The van der Waals surface area contributed by atoms with E-state index in [1.807, 2.05) is 0 Å². The Hall–Kier alpha value is 0.390. The van der Waals surface area contributed by atoms with Crippen LogP contribution in [0, 0.1) is 17.8 Å². The molecule has 0 saturated heterocycles. The van der Waals surface area contributed by atoms with E-state index in [0.717, 1.165) is 36.2 Å². The van der Waals surface area contributed by atoms with Crippen LogP contribution in [0.15, 0.2) is 0 Å². The maximum atomic E-state index is 11.3. The standard InChI is InChI=1S/C24H52OP/c1-22(2)16-10-7-13-19-26(25,20-14-8-11-17-23(3)4)21-15-9-12-18-24(5)6/h22-25H,7-21H2,1-6H3/q+1. The molecule has 0 rings (SSSR count). The molecule has 0 spiro atoms. The van der Waals surface area contributed by atoms with Crippen LogP contribution < -0.4 is 0 Å². The van der Waals surface area contributed by atoms with E-state index in [2.05, 4.69) is 41.5 Å². The van der Waals surface area contributed by atoms with E-state index in [0.29, 0.717) is 0 Å². The fourth-order valence-corrected chi connectivity index (χ4v) is 6.85. The molecule has 0 aliphatic carbocycles. The lowest BCUT2D eigenvalue weighted by Crippen LogP contribution is -2.08. The van der Waals surface area contributed by atoms with Gasteiger partial charge in [0.15, 0.2) is 0 Å². The van der Waals surface area contributed by atoms with Gasteiger partial charge in [-0.15, -0.1) is 0 Å². The van der Waals surface area contributed by atoms with Crippen LogP contribution in [0.4, 0.5) is 0 Å². The smallest absolute Gasteiger partial charge is 0.142 e. The third-order valence-corrected chi connectivity index (χ3v) is 9.01. The zero-order valence-electron chi connectivity index (χ0n) is 19.2. The number of hydrogen-bond donors (Lipinski definition) is 1. The number of hydrogen-bond acceptors (Lipinski definition) is 1. The molecule has 0 unspecified atom stereocenters. The van der Waals surface area contributed by atoms with E-state index in [1.165, 1.54) is 77.0 Å². The molecule has 0 aromatic carbocycles. The van der Waals surface area contributed by atoms with Gasteiger partial charge >= 0.3 is 0 Å². The molecule has 0 amide bonds. The van der Waals surface area contributed by atoms with Crippen molar-refractivity contribution < 1.29 is 4.89 Å². The van der Waals surface area contributed by atoms with Gasteiger partial charge in [-0.2, -0.15) is 0 Å². The molecule has 0 atom stereocenters. The van der Waals surface area contributed by atoms with Gasteiger partial charge in [0.2, 0.25) is 0 Å². The van der Waals surface area contributed by atoms with E-state index in [-0.39, 0.29) is 0 Å². The second kappa shape index (κ2) is 16.4. The van der Waals surface area contributed by atoms with Crippen LogP contribution in [0.2, 0.25) is 0 Å². The summed E-state index contributed by atoms with van der Waals surface area (Å²) in [6.07, 6.45) is 19.2. The Morgan fingerprint density at radius 3 is 0.962 bits per heavy atom. The second-order valence-electron chi connectivity index (χ2n) is 10.00. The number of unbranched alkanes of at least 4 members (excludes halogenated alkanes) is 6. The monoisotopic (exact) mass is 387 g/mol. The fraction of sp³-hybridized carbons (Fsp3) is 1.00. The summed E-state index contributed by atoms with van der Waals surface area (Å²) < 4.78 is 0. The van der Waals surface area contributed by atoms with Crippen molar-refractivity contribution in [3.63, 3.8) is 0 Å². The lowest BCUT2D eigenvalue weighted by Gasteiger charge is -2.21. The summed E-state index contributed by atoms with van der Waals surface area (Å²) in [7, 11) is -1.66. The Morgan fingerprint density at radius 2 is 0.731 bits per heavy atom. The summed E-state index contributed by atoms with van der Waals surface area (Å²) in [6, 6.07) is 0. The van der Waals surface area contributed by atoms with Gasteiger partial charge in [-0.1, -0.05) is 80.1 Å². The Bertz CT molecular complexity index is 253. The molecule has 0 bridgehead atoms. The first-order chi connectivity index (χ1) is 12.2. The van der Waals surface area contributed by atoms with Crippen LogP contribution >= 0.6 is 7.49 Å². The average Bonchev–Trinajstić information content (AvgIpc) is 2.53. The summed E-state index contributed by atoms with van der Waals surface area (Å²) in [4.78, 5) is 11.3. The molecule has 1 nitrogen and oxygen atoms in total. The van der Waals surface area contributed by atoms with Crippen molar-refractivity contribution in [2.75, 3.05) is 18.5 Å². The Kier molecular flexibility index (Phi) is 16.6. The third-order valence-electron chi connectivity index (χ3n) is 5.57. The molecule has 2 heteroatoms. The molecule has 0 saturated carbocycles. The van der Waals surface area contributed by atoms with E-state index >= 15 is 0 Å². The molecule has 0 fully saturated rings. The summed E-state index contributed by atoms with van der Waals surface area (Å²) in [6.45, 7) is 13.9. The van der Waals surface area contributed by atoms with Crippen molar-refractivity contribution in [1.82, 2.24) is 0 Å². The Balaban J connectivity index is 4.14. The van der Waals surface area contributed by atoms with Crippen LogP contribution in [0.5, 0.6) is 0 Å². The summed E-state index contributed by atoms with van der Waals surface area (Å²) in [5.41, 5.74) is 0. The topological polar surface area (TPSA) is 20.2 Å². The molecular weight excluding hydrogens is 335 g/mol. The Labute approximate surface area is 167 Å². The lowest BCUT2D eigenvalue weighted by molar-refractivity contribution is 0.517. The van der Waals surface area contributed by atoms with E-state index in [1.54, 1.807) is 0 Å². The molecule has 0 aromatic rings. The third kappa shape index (κ3) is 17.8. The first kappa shape index (κ1) is 26.4. The normalized spacial score (nSPS) is 12.7. The van der Waals surface area contributed by atoms with Crippen molar-refractivity contribution >= 4 is 7.49 Å². The van der Waals surface area contributed by atoms with E-state index in [4.69, 9.17) is 0 Å². The maximum Gasteiger partial charge on any atom is 0.142 e. The van der Waals surface area contributed by atoms with Gasteiger partial charge in [-0.25, -0.2) is 0 Å². The molecule has 1 N–H and O–H groups in total. The summed E-state index contributed by atoms with van der Waals surface area (Å²) in [5, 5.41) is 0. The van der Waals surface area contributed by atoms with Gasteiger partial charge in [-0.05, 0) is 56.3 Å². The molecule has 0 aliphatic rings. The first-order valence-corrected chi connectivity index (χ1v) is 14.1. The predicted octanol–water partition coefficient (Wildman–Crippen LogP) is 8.56. The van der Waals surface area contributed by atoms with Crippen molar-refractivity contribution in [3.8, 4) is 0 Å². The van der Waals surface area contributed by atoms with Crippen LogP contribution in [0.1, 0.15) is 119 Å². The minimum Gasteiger partial charge on any atom is -0.252 e. The van der Waals surface area contributed by atoms with Crippen molar-refractivity contribution in [2.45, 2.75) is 119 Å². The first-order valence-electron chi connectivity index (χ1n) is 11.8. The second-order valence-corrected chi connectivity index (χ2v) is 13.5. The molecule has 0 heterocycles. The fourth-order valence-electron chi connectivity index (χ4n) is 3.74. The molecule has 158 valence electrons. The van der Waals surface area contributed by atoms with Gasteiger partial charge in [0.1, 0.15) is 7.49 Å².